The summed E-state index contributed by atoms with van der Waals surface area (Å²) in [4.78, 5) is 9.70. The predicted octanol–water partition coefficient (Wildman–Crippen LogP) is -2.13. The summed E-state index contributed by atoms with van der Waals surface area (Å²) < 4.78 is 0. The van der Waals surface area contributed by atoms with Gasteiger partial charge in [0.1, 0.15) is 0 Å². The van der Waals surface area contributed by atoms with Crippen molar-refractivity contribution in [2.45, 2.75) is 0 Å². The Kier molecular flexibility index (Phi) is 3.92. The Bertz CT molecular complexity index is 103. The van der Waals surface area contributed by atoms with E-state index in [2.05, 4.69) is 5.32 Å². The lowest BCUT2D eigenvalue weighted by Gasteiger charge is -1.97. The van der Waals surface area contributed by atoms with E-state index in [1.54, 1.807) is 6.20 Å². The van der Waals surface area contributed by atoms with Gasteiger partial charge >= 0.3 is 7.69 Å². The monoisotopic (exact) mass is 115 g/mol. The highest BCUT2D eigenvalue weighted by Gasteiger charge is 1.95. The van der Waals surface area contributed by atoms with Gasteiger partial charge in [0.15, 0.2) is 0 Å². The molecule has 8 heavy (non-hydrogen) atoms. The van der Waals surface area contributed by atoms with Crippen molar-refractivity contribution >= 4 is 13.6 Å². The first kappa shape index (κ1) is 7.19. The van der Waals surface area contributed by atoms with Gasteiger partial charge in [0.2, 0.25) is 5.91 Å². The predicted molar refractivity (Wildman–Crippen MR) is 28.9 cm³/mol. The van der Waals surface area contributed by atoms with E-state index < -0.39 is 7.69 Å². The van der Waals surface area contributed by atoms with Crippen LogP contribution in [0.2, 0.25) is 0 Å². The zero-order chi connectivity index (χ0) is 6.41. The summed E-state index contributed by atoms with van der Waals surface area (Å²) in [5.74, 6) is 0.00463. The summed E-state index contributed by atoms with van der Waals surface area (Å²) in [6.45, 7) is 0. The molecule has 3 N–H and O–H groups in total. The number of carbonyl (C=O) groups is 1. The molecular weight excluding hydrogens is 109 g/mol. The Balaban J connectivity index is 0.000000145. The van der Waals surface area contributed by atoms with Crippen molar-refractivity contribution in [1.82, 2.24) is 5.32 Å². The summed E-state index contributed by atoms with van der Waals surface area (Å²) in [6, 6.07) is 0. The van der Waals surface area contributed by atoms with E-state index in [1.807, 2.05) is 0 Å². The van der Waals surface area contributed by atoms with E-state index in [4.69, 9.17) is 10.0 Å². The van der Waals surface area contributed by atoms with Crippen LogP contribution in [0.5, 0.6) is 0 Å². The van der Waals surface area contributed by atoms with Crippen LogP contribution in [-0.4, -0.2) is 23.6 Å². The maximum Gasteiger partial charge on any atom is 0.432 e. The van der Waals surface area contributed by atoms with Crippen molar-refractivity contribution in [3.63, 3.8) is 0 Å². The Hall–Kier alpha value is -0.805. The van der Waals surface area contributed by atoms with E-state index in [-0.39, 0.29) is 5.91 Å². The Labute approximate surface area is 47.1 Å². The van der Waals surface area contributed by atoms with Gasteiger partial charge in [-0.3, -0.25) is 4.79 Å². The third-order valence-electron chi connectivity index (χ3n) is 0.460. The molecule has 0 spiro atoms. The minimum Gasteiger partial charge on any atom is -0.430 e. The summed E-state index contributed by atoms with van der Waals surface area (Å²) in [5.41, 5.74) is 0. The van der Waals surface area contributed by atoms with Crippen molar-refractivity contribution in [2.24, 2.45) is 0 Å². The lowest BCUT2D eigenvalue weighted by Crippen LogP contribution is -2.22. The molecule has 1 aliphatic rings. The number of carbonyl (C=O) groups excluding carboxylic acids is 1. The molecule has 0 aromatic carbocycles. The van der Waals surface area contributed by atoms with Gasteiger partial charge in [-0.05, 0) is 0 Å². The van der Waals surface area contributed by atoms with E-state index >= 15 is 0 Å². The van der Waals surface area contributed by atoms with Gasteiger partial charge in [-0.1, -0.05) is 0 Å². The molecule has 0 aromatic rings. The van der Waals surface area contributed by atoms with Crippen LogP contribution in [0.15, 0.2) is 12.3 Å². The Morgan fingerprint density at radius 3 is 1.88 bits per heavy atom. The van der Waals surface area contributed by atoms with Crippen molar-refractivity contribution < 1.29 is 14.8 Å². The van der Waals surface area contributed by atoms with Crippen molar-refractivity contribution in [1.29, 1.82) is 0 Å². The molecule has 5 heteroatoms. The average molecular weight is 115 g/mol. The van der Waals surface area contributed by atoms with Gasteiger partial charge in [-0.2, -0.15) is 0 Å². The normalized spacial score (nSPS) is 12.5. The van der Waals surface area contributed by atoms with E-state index in [1.165, 1.54) is 6.08 Å². The van der Waals surface area contributed by atoms with Crippen molar-refractivity contribution in [3.05, 3.63) is 12.3 Å². The molecule has 0 atom stereocenters. The zero-order valence-electron chi connectivity index (χ0n) is 4.16. The fraction of sp³-hybridized carbons (Fsp3) is 0. The van der Waals surface area contributed by atoms with Gasteiger partial charge in [-0.15, -0.1) is 0 Å². The molecule has 1 rings (SSSR count). The van der Waals surface area contributed by atoms with Gasteiger partial charge in [-0.25, -0.2) is 0 Å². The van der Waals surface area contributed by atoms with Gasteiger partial charge in [0.05, 0.1) is 0 Å². The van der Waals surface area contributed by atoms with Crippen LogP contribution in [0.4, 0.5) is 0 Å². The van der Waals surface area contributed by atoms with E-state index in [0.717, 1.165) is 0 Å². The van der Waals surface area contributed by atoms with Crippen molar-refractivity contribution in [3.8, 4) is 0 Å². The summed E-state index contributed by atoms with van der Waals surface area (Å²) in [6.07, 6.45) is 3.07. The molecule has 1 heterocycles. The lowest BCUT2D eigenvalue weighted by molar-refractivity contribution is -0.117. The second kappa shape index (κ2) is 4.36. The molecule has 0 bridgehead atoms. The Morgan fingerprint density at radius 2 is 1.88 bits per heavy atom. The summed E-state index contributed by atoms with van der Waals surface area (Å²) in [5, 5.41) is 16.6. The minimum absolute atomic E-state index is 0.00463. The number of nitrogens with one attached hydrogen (secondary N) is 1. The number of rotatable bonds is 0. The maximum absolute atomic E-state index is 9.70. The zero-order valence-corrected chi connectivity index (χ0v) is 4.16. The van der Waals surface area contributed by atoms with Gasteiger partial charge in [0, 0.05) is 12.3 Å². The summed E-state index contributed by atoms with van der Waals surface area (Å²) in [7, 11) is -0.750. The summed E-state index contributed by atoms with van der Waals surface area (Å²) >= 11 is 0. The molecule has 0 unspecified atom stereocenters. The van der Waals surface area contributed by atoms with Crippen molar-refractivity contribution in [2.75, 3.05) is 0 Å². The first-order valence-corrected chi connectivity index (χ1v) is 2.00. The van der Waals surface area contributed by atoms with E-state index in [0.29, 0.717) is 0 Å². The van der Waals surface area contributed by atoms with Crippen LogP contribution in [0.3, 0.4) is 0 Å². The highest BCUT2D eigenvalue weighted by Crippen LogP contribution is 1.78. The molecule has 1 aliphatic heterocycles. The first-order valence-electron chi connectivity index (χ1n) is 2.00. The Morgan fingerprint density at radius 1 is 1.62 bits per heavy atom. The quantitative estimate of drug-likeness (QED) is 0.316. The van der Waals surface area contributed by atoms with E-state index in [9.17, 15) is 4.79 Å². The van der Waals surface area contributed by atoms with Crippen LogP contribution in [0, 0.1) is 0 Å². The lowest BCUT2D eigenvalue weighted by atomic mass is 10.4. The smallest absolute Gasteiger partial charge is 0.430 e. The third kappa shape index (κ3) is 3.39. The number of amides is 1. The second-order valence-electron chi connectivity index (χ2n) is 0.983. The maximum atomic E-state index is 9.70. The second-order valence-corrected chi connectivity index (χ2v) is 0.983. The molecule has 0 radical (unpaired) electrons. The fourth-order valence-corrected chi connectivity index (χ4v) is 0.151. The average Bonchev–Trinajstić information content (AvgIpc) is 1.64. The van der Waals surface area contributed by atoms with Crippen LogP contribution in [0.1, 0.15) is 0 Å². The van der Waals surface area contributed by atoms with Crippen LogP contribution in [-0.2, 0) is 4.79 Å². The molecule has 1 amide bonds. The first-order chi connectivity index (χ1) is 3.81. The molecule has 0 aliphatic carbocycles. The van der Waals surface area contributed by atoms with Crippen LogP contribution in [0.25, 0.3) is 0 Å². The standard InChI is InChI=1S/C3H3NO.BH3O2/c5-3-1-2-4-3;2-1-3/h1-2H,(H,4,5);1-3H. The van der Waals surface area contributed by atoms with Gasteiger partial charge in [0.25, 0.3) is 0 Å². The number of hydrogen-bond donors (Lipinski definition) is 3. The molecule has 44 valence electrons. The fourth-order valence-electron chi connectivity index (χ4n) is 0.151. The van der Waals surface area contributed by atoms with Crippen LogP contribution >= 0.6 is 0 Å². The molecular formula is C3H6BNO3. The largest absolute Gasteiger partial charge is 0.432 e. The molecule has 4 nitrogen and oxygen atoms in total. The topological polar surface area (TPSA) is 69.6 Å². The molecule has 0 fully saturated rings. The highest BCUT2D eigenvalue weighted by molar-refractivity contribution is 6.13. The van der Waals surface area contributed by atoms with Crippen LogP contribution < -0.4 is 5.32 Å². The molecule has 0 saturated heterocycles. The molecule has 0 saturated carbocycles. The SMILES string of the molecule is O=C1C=CN1.OBO. The van der Waals surface area contributed by atoms with Gasteiger partial charge < -0.3 is 15.4 Å². The minimum atomic E-state index is -0.750. The molecule has 0 aromatic heterocycles. The third-order valence-corrected chi connectivity index (χ3v) is 0.460. The number of hydrogen-bond acceptors (Lipinski definition) is 3. The highest BCUT2D eigenvalue weighted by atomic mass is 16.4.